The Morgan fingerprint density at radius 1 is 1.05 bits per heavy atom. The van der Waals surface area contributed by atoms with E-state index >= 15 is 0 Å². The molecule has 2 rings (SSSR count). The molecule has 3 nitrogen and oxygen atoms in total. The van der Waals surface area contributed by atoms with E-state index in [1.165, 1.54) is 51.5 Å². The lowest BCUT2D eigenvalue weighted by Gasteiger charge is -2.56. The molecule has 2 aliphatic rings. The molecule has 1 aliphatic heterocycles. The lowest BCUT2D eigenvalue weighted by Crippen LogP contribution is -2.62. The number of likely N-dealkylation sites (tertiary alicyclic amines) is 1. The zero-order valence-electron chi connectivity index (χ0n) is 14.1. The van der Waals surface area contributed by atoms with Crippen molar-refractivity contribution in [2.24, 2.45) is 17.8 Å². The second-order valence-electron chi connectivity index (χ2n) is 7.91. The van der Waals surface area contributed by atoms with Crippen LogP contribution in [0.2, 0.25) is 0 Å². The molecule has 0 bridgehead atoms. The highest BCUT2D eigenvalue weighted by Gasteiger charge is 2.46. The third-order valence-electron chi connectivity index (χ3n) is 5.80. The van der Waals surface area contributed by atoms with Gasteiger partial charge in [0, 0.05) is 31.8 Å². The van der Waals surface area contributed by atoms with Gasteiger partial charge in [0.1, 0.15) is 0 Å². The van der Waals surface area contributed by atoms with Crippen LogP contribution in [0.3, 0.4) is 0 Å². The van der Waals surface area contributed by atoms with E-state index in [-0.39, 0.29) is 6.61 Å². The molecule has 0 aromatic heterocycles. The van der Waals surface area contributed by atoms with Gasteiger partial charge >= 0.3 is 0 Å². The minimum atomic E-state index is 0.283. The van der Waals surface area contributed by atoms with Crippen molar-refractivity contribution < 1.29 is 10.2 Å². The number of hydrogen-bond donors (Lipinski definition) is 2. The van der Waals surface area contributed by atoms with Crippen molar-refractivity contribution in [1.29, 1.82) is 0 Å². The van der Waals surface area contributed by atoms with Crippen LogP contribution in [0.15, 0.2) is 0 Å². The van der Waals surface area contributed by atoms with Crippen molar-refractivity contribution in [1.82, 2.24) is 4.90 Å². The topological polar surface area (TPSA) is 43.7 Å². The molecule has 21 heavy (non-hydrogen) atoms. The molecule has 1 aliphatic carbocycles. The fourth-order valence-corrected chi connectivity index (χ4v) is 4.49. The van der Waals surface area contributed by atoms with Crippen molar-refractivity contribution >= 4 is 0 Å². The maximum Gasteiger partial charge on any atom is 0.0468 e. The average Bonchev–Trinajstić information content (AvgIpc) is 2.51. The molecular weight excluding hydrogens is 262 g/mol. The lowest BCUT2D eigenvalue weighted by molar-refractivity contribution is -0.0665. The smallest absolute Gasteiger partial charge is 0.0468 e. The Hall–Kier alpha value is -0.120. The Morgan fingerprint density at radius 3 is 2.24 bits per heavy atom. The van der Waals surface area contributed by atoms with Gasteiger partial charge in [0.05, 0.1) is 0 Å². The van der Waals surface area contributed by atoms with Gasteiger partial charge in [-0.05, 0) is 37.0 Å². The van der Waals surface area contributed by atoms with Gasteiger partial charge in [-0.15, -0.1) is 0 Å². The number of aliphatic hydroxyl groups excluding tert-OH is 2. The van der Waals surface area contributed by atoms with Crippen LogP contribution in [0.1, 0.15) is 65.2 Å². The van der Waals surface area contributed by atoms with E-state index in [1.807, 2.05) is 0 Å². The third kappa shape index (κ3) is 4.43. The molecule has 1 heterocycles. The van der Waals surface area contributed by atoms with E-state index in [2.05, 4.69) is 18.7 Å². The normalized spacial score (nSPS) is 30.9. The molecule has 0 aromatic rings. The minimum Gasteiger partial charge on any atom is -0.396 e. The first-order chi connectivity index (χ1) is 10.1. The van der Waals surface area contributed by atoms with Crippen LogP contribution in [0.5, 0.6) is 0 Å². The third-order valence-corrected chi connectivity index (χ3v) is 5.80. The molecule has 124 valence electrons. The molecule has 2 fully saturated rings. The first-order valence-electron chi connectivity index (χ1n) is 9.06. The van der Waals surface area contributed by atoms with Crippen LogP contribution < -0.4 is 0 Å². The molecule has 0 spiro atoms. The Labute approximate surface area is 130 Å². The van der Waals surface area contributed by atoms with Gasteiger partial charge in [-0.25, -0.2) is 0 Å². The van der Waals surface area contributed by atoms with Gasteiger partial charge in [-0.2, -0.15) is 0 Å². The largest absolute Gasteiger partial charge is 0.396 e. The fourth-order valence-electron chi connectivity index (χ4n) is 4.49. The predicted molar refractivity (Wildman–Crippen MR) is 87.2 cm³/mol. The second kappa shape index (κ2) is 7.94. The second-order valence-corrected chi connectivity index (χ2v) is 7.91. The van der Waals surface area contributed by atoms with Crippen molar-refractivity contribution in [2.45, 2.75) is 70.8 Å². The van der Waals surface area contributed by atoms with Crippen molar-refractivity contribution in [3.8, 4) is 0 Å². The summed E-state index contributed by atoms with van der Waals surface area (Å²) in [5, 5.41) is 18.8. The van der Waals surface area contributed by atoms with E-state index in [0.717, 1.165) is 18.9 Å². The van der Waals surface area contributed by atoms with Crippen LogP contribution in [-0.2, 0) is 0 Å². The van der Waals surface area contributed by atoms with Gasteiger partial charge < -0.3 is 10.2 Å². The van der Waals surface area contributed by atoms with Gasteiger partial charge in [-0.3, -0.25) is 4.90 Å². The molecular formula is C18H35NO2. The van der Waals surface area contributed by atoms with E-state index in [1.54, 1.807) is 0 Å². The molecule has 3 heteroatoms. The standard InChI is InChI=1S/C18H35NO2/c1-15(13-20)10-18(11-17-6-4-3-5-7-17)8-9-19(18)12-16(2)14-21/h15-17,20-21H,3-14H2,1-2H3/t15-,16+,18?/m1/s1. The number of aliphatic hydroxyl groups is 2. The number of nitrogens with zero attached hydrogens (tertiary/aromatic N) is 1. The Kier molecular flexibility index (Phi) is 6.51. The molecule has 1 saturated carbocycles. The first-order valence-corrected chi connectivity index (χ1v) is 9.06. The van der Waals surface area contributed by atoms with E-state index in [9.17, 15) is 10.2 Å². The van der Waals surface area contributed by atoms with Crippen molar-refractivity contribution in [3.63, 3.8) is 0 Å². The highest BCUT2D eigenvalue weighted by atomic mass is 16.3. The van der Waals surface area contributed by atoms with Crippen molar-refractivity contribution in [3.05, 3.63) is 0 Å². The Morgan fingerprint density at radius 2 is 1.71 bits per heavy atom. The van der Waals surface area contributed by atoms with Crippen LogP contribution >= 0.6 is 0 Å². The SMILES string of the molecule is C[C@H](CO)CN1CCC1(CC1CCCCC1)C[C@@H](C)CO. The minimum absolute atomic E-state index is 0.283. The molecule has 1 unspecified atom stereocenters. The Balaban J connectivity index is 1.99. The summed E-state index contributed by atoms with van der Waals surface area (Å²) in [4.78, 5) is 2.62. The maximum atomic E-state index is 9.48. The summed E-state index contributed by atoms with van der Waals surface area (Å²) in [6.45, 7) is 7.09. The zero-order chi connectivity index (χ0) is 15.3. The molecule has 3 atom stereocenters. The lowest BCUT2D eigenvalue weighted by atomic mass is 9.69. The monoisotopic (exact) mass is 297 g/mol. The number of hydrogen-bond acceptors (Lipinski definition) is 3. The molecule has 0 aromatic carbocycles. The molecule has 1 saturated heterocycles. The van der Waals surface area contributed by atoms with Crippen LogP contribution in [0.4, 0.5) is 0 Å². The Bertz CT molecular complexity index is 304. The zero-order valence-corrected chi connectivity index (χ0v) is 14.1. The average molecular weight is 297 g/mol. The highest BCUT2D eigenvalue weighted by Crippen LogP contribution is 2.44. The van der Waals surface area contributed by atoms with E-state index < -0.39 is 0 Å². The van der Waals surface area contributed by atoms with E-state index in [4.69, 9.17) is 0 Å². The summed E-state index contributed by atoms with van der Waals surface area (Å²) in [5.41, 5.74) is 0.313. The van der Waals surface area contributed by atoms with Crippen LogP contribution in [0.25, 0.3) is 0 Å². The highest BCUT2D eigenvalue weighted by molar-refractivity contribution is 5.02. The fraction of sp³-hybridized carbons (Fsp3) is 1.00. The number of rotatable bonds is 8. The van der Waals surface area contributed by atoms with Crippen LogP contribution in [0, 0.1) is 17.8 Å². The van der Waals surface area contributed by atoms with Gasteiger partial charge in [0.25, 0.3) is 0 Å². The summed E-state index contributed by atoms with van der Waals surface area (Å²) in [6, 6.07) is 0. The van der Waals surface area contributed by atoms with Crippen LogP contribution in [-0.4, -0.2) is 47.0 Å². The molecule has 0 amide bonds. The maximum absolute atomic E-state index is 9.48. The van der Waals surface area contributed by atoms with Crippen molar-refractivity contribution in [2.75, 3.05) is 26.3 Å². The summed E-state index contributed by atoms with van der Waals surface area (Å²) in [5.74, 6) is 1.64. The van der Waals surface area contributed by atoms with Gasteiger partial charge in [0.15, 0.2) is 0 Å². The quantitative estimate of drug-likeness (QED) is 0.724. The van der Waals surface area contributed by atoms with Gasteiger partial charge in [-0.1, -0.05) is 46.0 Å². The first kappa shape index (κ1) is 17.2. The summed E-state index contributed by atoms with van der Waals surface area (Å²) in [7, 11) is 0. The summed E-state index contributed by atoms with van der Waals surface area (Å²) >= 11 is 0. The summed E-state index contributed by atoms with van der Waals surface area (Å²) < 4.78 is 0. The van der Waals surface area contributed by atoms with Gasteiger partial charge in [0.2, 0.25) is 0 Å². The summed E-state index contributed by atoms with van der Waals surface area (Å²) in [6.07, 6.45) is 10.8. The predicted octanol–water partition coefficient (Wildman–Crippen LogP) is 3.05. The van der Waals surface area contributed by atoms with E-state index in [0.29, 0.717) is 24.0 Å². The molecule has 0 radical (unpaired) electrons. The molecule has 2 N–H and O–H groups in total.